The van der Waals surface area contributed by atoms with Gasteiger partial charge in [0, 0.05) is 11.8 Å². The van der Waals surface area contributed by atoms with Gasteiger partial charge in [0.1, 0.15) is 0 Å². The van der Waals surface area contributed by atoms with Crippen LogP contribution in [0, 0.1) is 11.3 Å². The molecule has 0 saturated heterocycles. The van der Waals surface area contributed by atoms with Crippen LogP contribution in [0.4, 0.5) is 0 Å². The highest BCUT2D eigenvalue weighted by molar-refractivity contribution is 9.09. The molecule has 0 radical (unpaired) electrons. The summed E-state index contributed by atoms with van der Waals surface area (Å²) in [4.78, 5) is 0. The lowest BCUT2D eigenvalue weighted by atomic mass is 9.78. The van der Waals surface area contributed by atoms with Crippen molar-refractivity contribution in [3.8, 4) is 5.69 Å². The van der Waals surface area contributed by atoms with E-state index in [0.717, 1.165) is 23.3 Å². The van der Waals surface area contributed by atoms with Crippen LogP contribution in [-0.2, 0) is 6.42 Å². The molecule has 0 aliphatic rings. The molecule has 2 aromatic rings. The predicted octanol–water partition coefficient (Wildman–Crippen LogP) is 3.26. The van der Waals surface area contributed by atoms with Crippen LogP contribution in [0.25, 0.3) is 5.69 Å². The molecule has 1 heterocycles. The van der Waals surface area contributed by atoms with Gasteiger partial charge in [-0.25, -0.2) is 0 Å². The molecule has 1 atom stereocenters. The molecule has 0 aliphatic carbocycles. The van der Waals surface area contributed by atoms with Gasteiger partial charge in [0.2, 0.25) is 0 Å². The summed E-state index contributed by atoms with van der Waals surface area (Å²) in [5, 5.41) is 13.0. The van der Waals surface area contributed by atoms with Gasteiger partial charge in [-0.05, 0) is 33.9 Å². The van der Waals surface area contributed by atoms with Gasteiger partial charge < -0.3 is 0 Å². The van der Waals surface area contributed by atoms with E-state index in [1.165, 1.54) is 0 Å². The van der Waals surface area contributed by atoms with Crippen molar-refractivity contribution >= 4 is 15.9 Å². The Hall–Kier alpha value is -1.23. The fraction of sp³-hybridized carbons (Fsp3) is 0.500. The Morgan fingerprint density at radius 3 is 2.53 bits per heavy atom. The summed E-state index contributed by atoms with van der Waals surface area (Å²) in [5.74, 6) is 1.45. The molecule has 5 heteroatoms. The smallest absolute Gasteiger partial charge is 0.157 e. The lowest BCUT2D eigenvalue weighted by molar-refractivity contribution is 0.251. The molecule has 102 valence electrons. The maximum Gasteiger partial charge on any atom is 0.157 e. The molecular weight excluding hydrogens is 304 g/mol. The first-order valence-electron chi connectivity index (χ1n) is 6.45. The quantitative estimate of drug-likeness (QED) is 0.793. The van der Waals surface area contributed by atoms with E-state index >= 15 is 0 Å². The highest BCUT2D eigenvalue weighted by Gasteiger charge is 2.30. The van der Waals surface area contributed by atoms with E-state index in [2.05, 4.69) is 52.2 Å². The zero-order valence-electron chi connectivity index (χ0n) is 11.5. The molecule has 0 amide bonds. The van der Waals surface area contributed by atoms with Crippen molar-refractivity contribution in [3.05, 3.63) is 36.2 Å². The number of rotatable bonds is 5. The highest BCUT2D eigenvalue weighted by atomic mass is 79.9. The molecule has 1 aromatic heterocycles. The van der Waals surface area contributed by atoms with Crippen molar-refractivity contribution in [2.75, 3.05) is 5.33 Å². The van der Waals surface area contributed by atoms with Gasteiger partial charge in [-0.1, -0.05) is 54.9 Å². The average Bonchev–Trinajstić information content (AvgIpc) is 2.87. The van der Waals surface area contributed by atoms with Crippen molar-refractivity contribution in [2.24, 2.45) is 11.3 Å². The Bertz CT molecular complexity index is 523. The molecule has 1 unspecified atom stereocenters. The number of hydrogen-bond donors (Lipinski definition) is 0. The summed E-state index contributed by atoms with van der Waals surface area (Å²) in [5.41, 5.74) is 1.14. The van der Waals surface area contributed by atoms with Gasteiger partial charge in [0.05, 0.1) is 5.69 Å². The summed E-state index contributed by atoms with van der Waals surface area (Å²) >= 11 is 3.62. The third-order valence-corrected chi connectivity index (χ3v) is 5.08. The lowest BCUT2D eigenvalue weighted by Crippen LogP contribution is -2.29. The van der Waals surface area contributed by atoms with Gasteiger partial charge in [-0.2, -0.15) is 4.68 Å². The number of halogens is 1. The van der Waals surface area contributed by atoms with Gasteiger partial charge in [0.25, 0.3) is 0 Å². The summed E-state index contributed by atoms with van der Waals surface area (Å²) < 4.78 is 1.82. The maximum atomic E-state index is 4.19. The van der Waals surface area contributed by atoms with Crippen molar-refractivity contribution in [1.29, 1.82) is 0 Å². The fourth-order valence-electron chi connectivity index (χ4n) is 1.85. The second kappa shape index (κ2) is 5.82. The topological polar surface area (TPSA) is 43.6 Å². The molecule has 4 nitrogen and oxygen atoms in total. The minimum Gasteiger partial charge on any atom is -0.197 e. The number of aromatic nitrogens is 4. The number of hydrogen-bond acceptors (Lipinski definition) is 3. The third-order valence-electron chi connectivity index (χ3n) is 3.80. The number of alkyl halides is 1. The number of nitrogens with zero attached hydrogens (tertiary/aromatic N) is 4. The Kier molecular flexibility index (Phi) is 4.34. The Labute approximate surface area is 122 Å². The monoisotopic (exact) mass is 322 g/mol. The van der Waals surface area contributed by atoms with Crippen LogP contribution in [0.5, 0.6) is 0 Å². The minimum atomic E-state index is 0.140. The normalized spacial score (nSPS) is 14.6. The van der Waals surface area contributed by atoms with E-state index < -0.39 is 0 Å². The van der Waals surface area contributed by atoms with Gasteiger partial charge >= 0.3 is 0 Å². The van der Waals surface area contributed by atoms with Crippen LogP contribution >= 0.6 is 15.9 Å². The second-order valence-corrected chi connectivity index (χ2v) is 6.02. The van der Waals surface area contributed by atoms with Crippen molar-refractivity contribution in [1.82, 2.24) is 20.2 Å². The zero-order valence-corrected chi connectivity index (χ0v) is 13.1. The van der Waals surface area contributed by atoms with E-state index in [9.17, 15) is 0 Å². The minimum absolute atomic E-state index is 0.140. The maximum absolute atomic E-state index is 4.19. The first-order chi connectivity index (χ1) is 9.07. The van der Waals surface area contributed by atoms with E-state index in [1.54, 1.807) is 0 Å². The summed E-state index contributed by atoms with van der Waals surface area (Å²) in [7, 11) is 0. The SMILES string of the molecule is CC(C)C(C)(CBr)Cc1nnnn1-c1ccccc1. The second-order valence-electron chi connectivity index (χ2n) is 5.46. The van der Waals surface area contributed by atoms with E-state index in [4.69, 9.17) is 0 Å². The molecular formula is C14H19BrN4. The predicted molar refractivity (Wildman–Crippen MR) is 79.6 cm³/mol. The fourth-order valence-corrected chi connectivity index (χ4v) is 2.70. The summed E-state index contributed by atoms with van der Waals surface area (Å²) in [6, 6.07) is 10.0. The van der Waals surface area contributed by atoms with E-state index in [1.807, 2.05) is 35.0 Å². The first-order valence-corrected chi connectivity index (χ1v) is 7.57. The molecule has 2 rings (SSSR count). The van der Waals surface area contributed by atoms with Gasteiger partial charge in [-0.15, -0.1) is 5.10 Å². The Morgan fingerprint density at radius 2 is 1.95 bits per heavy atom. The lowest BCUT2D eigenvalue weighted by Gasteiger charge is -2.31. The molecule has 19 heavy (non-hydrogen) atoms. The van der Waals surface area contributed by atoms with Crippen molar-refractivity contribution < 1.29 is 0 Å². The van der Waals surface area contributed by atoms with Crippen LogP contribution in [-0.4, -0.2) is 25.5 Å². The molecule has 0 saturated carbocycles. The molecule has 0 spiro atoms. The largest absolute Gasteiger partial charge is 0.197 e. The van der Waals surface area contributed by atoms with Crippen LogP contribution < -0.4 is 0 Å². The average molecular weight is 323 g/mol. The molecule has 1 aromatic carbocycles. The third kappa shape index (κ3) is 3.03. The Morgan fingerprint density at radius 1 is 1.26 bits per heavy atom. The van der Waals surface area contributed by atoms with Gasteiger partial charge in [-0.3, -0.25) is 0 Å². The van der Waals surface area contributed by atoms with Crippen molar-refractivity contribution in [3.63, 3.8) is 0 Å². The zero-order chi connectivity index (χ0) is 13.9. The van der Waals surface area contributed by atoms with Crippen LogP contribution in [0.1, 0.15) is 26.6 Å². The summed E-state index contributed by atoms with van der Waals surface area (Å²) in [6.07, 6.45) is 0.845. The van der Waals surface area contributed by atoms with Crippen LogP contribution in [0.2, 0.25) is 0 Å². The van der Waals surface area contributed by atoms with Crippen molar-refractivity contribution in [2.45, 2.75) is 27.2 Å². The van der Waals surface area contributed by atoms with Gasteiger partial charge in [0.15, 0.2) is 5.82 Å². The number of para-hydroxylation sites is 1. The van der Waals surface area contributed by atoms with E-state index in [0.29, 0.717) is 5.92 Å². The summed E-state index contributed by atoms with van der Waals surface area (Å²) in [6.45, 7) is 6.73. The highest BCUT2D eigenvalue weighted by Crippen LogP contribution is 2.32. The van der Waals surface area contributed by atoms with E-state index in [-0.39, 0.29) is 5.41 Å². The standard InChI is InChI=1S/C14H19BrN4/c1-11(2)14(3,10-15)9-13-16-17-18-19(13)12-7-5-4-6-8-12/h4-8,11H,9-10H2,1-3H3. The number of benzene rings is 1. The molecule has 0 bridgehead atoms. The first kappa shape index (κ1) is 14.2. The molecule has 0 fully saturated rings. The Balaban J connectivity index is 2.31. The number of tetrazole rings is 1. The van der Waals surface area contributed by atoms with Crippen LogP contribution in [0.3, 0.4) is 0 Å². The molecule has 0 aliphatic heterocycles. The molecule has 0 N–H and O–H groups in total. The van der Waals surface area contributed by atoms with Crippen LogP contribution in [0.15, 0.2) is 30.3 Å².